The first kappa shape index (κ1) is 9.40. The molecular formula is C10H13N3S. The Kier molecular flexibility index (Phi) is 2.37. The first-order valence-corrected chi connectivity index (χ1v) is 5.42. The Morgan fingerprint density at radius 2 is 2.14 bits per heavy atom. The van der Waals surface area contributed by atoms with Crippen molar-refractivity contribution in [1.82, 2.24) is 14.5 Å². The van der Waals surface area contributed by atoms with Gasteiger partial charge in [-0.2, -0.15) is 0 Å². The van der Waals surface area contributed by atoms with Crippen molar-refractivity contribution in [3.05, 3.63) is 23.6 Å². The lowest BCUT2D eigenvalue weighted by atomic mass is 10.2. The molecule has 74 valence electrons. The summed E-state index contributed by atoms with van der Waals surface area (Å²) in [4.78, 5) is 9.80. The molecule has 4 heteroatoms. The number of aryl methyl sites for hydroxylation is 1. The summed E-state index contributed by atoms with van der Waals surface area (Å²) < 4.78 is 1.99. The Bertz CT molecular complexity index is 428. The van der Waals surface area contributed by atoms with Crippen molar-refractivity contribution in [2.24, 2.45) is 7.05 Å². The number of aromatic nitrogens is 3. The van der Waals surface area contributed by atoms with Gasteiger partial charge in [-0.3, -0.25) is 0 Å². The molecule has 2 aromatic rings. The zero-order chi connectivity index (χ0) is 10.1. The smallest absolute Gasteiger partial charge is 0.141 e. The summed E-state index contributed by atoms with van der Waals surface area (Å²) in [6, 6.07) is 0. The van der Waals surface area contributed by atoms with E-state index in [-0.39, 0.29) is 0 Å². The van der Waals surface area contributed by atoms with Crippen LogP contribution in [0.1, 0.15) is 24.6 Å². The molecule has 0 N–H and O–H groups in total. The summed E-state index contributed by atoms with van der Waals surface area (Å²) in [6.45, 7) is 4.36. The van der Waals surface area contributed by atoms with Crippen molar-refractivity contribution in [2.75, 3.05) is 0 Å². The molecule has 0 fully saturated rings. The predicted molar refractivity (Wildman–Crippen MR) is 58.4 cm³/mol. The topological polar surface area (TPSA) is 30.7 Å². The van der Waals surface area contributed by atoms with E-state index in [1.165, 1.54) is 4.88 Å². The second-order valence-corrected chi connectivity index (χ2v) is 4.67. The van der Waals surface area contributed by atoms with E-state index in [1.54, 1.807) is 17.7 Å². The van der Waals surface area contributed by atoms with E-state index >= 15 is 0 Å². The predicted octanol–water partition coefficient (Wildman–Crippen LogP) is 2.67. The lowest BCUT2D eigenvalue weighted by molar-refractivity contribution is 0.885. The Hall–Kier alpha value is -1.16. The third-order valence-electron chi connectivity index (χ3n) is 2.13. The van der Waals surface area contributed by atoms with E-state index < -0.39 is 0 Å². The van der Waals surface area contributed by atoms with Crippen LogP contribution in [0.4, 0.5) is 0 Å². The molecule has 0 aliphatic rings. The van der Waals surface area contributed by atoms with Gasteiger partial charge < -0.3 is 4.57 Å². The normalized spacial score (nSPS) is 11.1. The second-order valence-electron chi connectivity index (χ2n) is 3.61. The standard InChI is InChI=1S/C10H13N3S/c1-7(2)9-5-12-10(14-9)8-4-11-6-13(8)3/h4-7H,1-3H3. The number of hydrogen-bond donors (Lipinski definition) is 0. The molecule has 0 unspecified atom stereocenters. The van der Waals surface area contributed by atoms with Gasteiger partial charge in [0.2, 0.25) is 0 Å². The molecule has 0 radical (unpaired) electrons. The van der Waals surface area contributed by atoms with Crippen molar-refractivity contribution in [3.63, 3.8) is 0 Å². The molecule has 14 heavy (non-hydrogen) atoms. The molecule has 2 rings (SSSR count). The van der Waals surface area contributed by atoms with Crippen molar-refractivity contribution in [2.45, 2.75) is 19.8 Å². The maximum Gasteiger partial charge on any atom is 0.141 e. The van der Waals surface area contributed by atoms with Gasteiger partial charge in [0.15, 0.2) is 0 Å². The third kappa shape index (κ3) is 1.57. The number of imidazole rings is 1. The quantitative estimate of drug-likeness (QED) is 0.758. The highest BCUT2D eigenvalue weighted by Gasteiger charge is 2.09. The molecule has 0 amide bonds. The minimum Gasteiger partial charge on any atom is -0.332 e. The van der Waals surface area contributed by atoms with Crippen LogP contribution < -0.4 is 0 Å². The summed E-state index contributed by atoms with van der Waals surface area (Å²) in [5, 5.41) is 1.05. The van der Waals surface area contributed by atoms with Crippen LogP contribution in [0, 0.1) is 0 Å². The summed E-state index contributed by atoms with van der Waals surface area (Å²) in [5.41, 5.74) is 1.09. The Morgan fingerprint density at radius 1 is 1.36 bits per heavy atom. The average molecular weight is 207 g/mol. The number of nitrogens with zero attached hydrogens (tertiary/aromatic N) is 3. The van der Waals surface area contributed by atoms with Crippen LogP contribution in [0.5, 0.6) is 0 Å². The van der Waals surface area contributed by atoms with Gasteiger partial charge >= 0.3 is 0 Å². The van der Waals surface area contributed by atoms with E-state index in [4.69, 9.17) is 0 Å². The Labute approximate surface area is 87.4 Å². The molecule has 0 bridgehead atoms. The average Bonchev–Trinajstić information content (AvgIpc) is 2.71. The van der Waals surface area contributed by atoms with Crippen LogP contribution in [-0.2, 0) is 7.05 Å². The lowest BCUT2D eigenvalue weighted by Gasteiger charge is -1.97. The molecule has 0 aromatic carbocycles. The number of thiazole rings is 1. The van der Waals surface area contributed by atoms with Crippen molar-refractivity contribution in [3.8, 4) is 10.7 Å². The number of hydrogen-bond acceptors (Lipinski definition) is 3. The van der Waals surface area contributed by atoms with Gasteiger partial charge in [0, 0.05) is 18.1 Å². The van der Waals surface area contributed by atoms with Crippen molar-refractivity contribution >= 4 is 11.3 Å². The van der Waals surface area contributed by atoms with Crippen LogP contribution in [0.3, 0.4) is 0 Å². The summed E-state index contributed by atoms with van der Waals surface area (Å²) in [6.07, 6.45) is 5.60. The Balaban J connectivity index is 2.39. The molecule has 0 atom stereocenters. The van der Waals surface area contributed by atoms with E-state index in [1.807, 2.05) is 24.0 Å². The van der Waals surface area contributed by atoms with Gasteiger partial charge in [0.25, 0.3) is 0 Å². The molecule has 0 saturated heterocycles. The monoisotopic (exact) mass is 207 g/mol. The van der Waals surface area contributed by atoms with Crippen molar-refractivity contribution in [1.29, 1.82) is 0 Å². The SMILES string of the molecule is CC(C)c1cnc(-c2cncn2C)s1. The molecule has 0 saturated carbocycles. The van der Waals surface area contributed by atoms with Crippen LogP contribution >= 0.6 is 11.3 Å². The fourth-order valence-electron chi connectivity index (χ4n) is 1.24. The molecule has 0 spiro atoms. The molecule has 0 aliphatic heterocycles. The van der Waals surface area contributed by atoms with E-state index in [0.717, 1.165) is 10.7 Å². The number of rotatable bonds is 2. The van der Waals surface area contributed by atoms with Crippen LogP contribution in [0.15, 0.2) is 18.7 Å². The van der Waals surface area contributed by atoms with Gasteiger partial charge in [-0.15, -0.1) is 11.3 Å². The highest BCUT2D eigenvalue weighted by Crippen LogP contribution is 2.28. The summed E-state index contributed by atoms with van der Waals surface area (Å²) in [7, 11) is 1.98. The highest BCUT2D eigenvalue weighted by atomic mass is 32.1. The Morgan fingerprint density at radius 3 is 2.64 bits per heavy atom. The van der Waals surface area contributed by atoms with Gasteiger partial charge in [-0.25, -0.2) is 9.97 Å². The van der Waals surface area contributed by atoms with Gasteiger partial charge in [-0.1, -0.05) is 13.8 Å². The van der Waals surface area contributed by atoms with E-state index in [2.05, 4.69) is 23.8 Å². The zero-order valence-corrected chi connectivity index (χ0v) is 9.38. The molecule has 0 aliphatic carbocycles. The molecule has 3 nitrogen and oxygen atoms in total. The first-order valence-electron chi connectivity index (χ1n) is 4.61. The maximum absolute atomic E-state index is 4.40. The van der Waals surface area contributed by atoms with Gasteiger partial charge in [-0.05, 0) is 5.92 Å². The van der Waals surface area contributed by atoms with E-state index in [9.17, 15) is 0 Å². The zero-order valence-electron chi connectivity index (χ0n) is 8.56. The van der Waals surface area contributed by atoms with Crippen LogP contribution in [0.2, 0.25) is 0 Å². The fourth-order valence-corrected chi connectivity index (χ4v) is 2.21. The second kappa shape index (κ2) is 3.53. The molecule has 2 aromatic heterocycles. The maximum atomic E-state index is 4.40. The third-order valence-corrected chi connectivity index (χ3v) is 3.45. The van der Waals surface area contributed by atoms with Crippen LogP contribution in [-0.4, -0.2) is 14.5 Å². The van der Waals surface area contributed by atoms with Crippen LogP contribution in [0.25, 0.3) is 10.7 Å². The summed E-state index contributed by atoms with van der Waals surface area (Å²) >= 11 is 1.74. The minimum atomic E-state index is 0.550. The molecular weight excluding hydrogens is 194 g/mol. The molecule has 2 heterocycles. The largest absolute Gasteiger partial charge is 0.332 e. The summed E-state index contributed by atoms with van der Waals surface area (Å²) in [5.74, 6) is 0.550. The lowest BCUT2D eigenvalue weighted by Crippen LogP contribution is -1.87. The van der Waals surface area contributed by atoms with Gasteiger partial charge in [0.1, 0.15) is 5.01 Å². The van der Waals surface area contributed by atoms with Gasteiger partial charge in [0.05, 0.1) is 18.2 Å². The van der Waals surface area contributed by atoms with E-state index in [0.29, 0.717) is 5.92 Å². The van der Waals surface area contributed by atoms with Crippen molar-refractivity contribution < 1.29 is 0 Å². The minimum absolute atomic E-state index is 0.550. The first-order chi connectivity index (χ1) is 6.68. The fraction of sp³-hybridized carbons (Fsp3) is 0.400. The highest BCUT2D eigenvalue weighted by molar-refractivity contribution is 7.15.